The van der Waals surface area contributed by atoms with E-state index in [4.69, 9.17) is 10.2 Å². The number of hydrogen-bond acceptors (Lipinski definition) is 3. The summed E-state index contributed by atoms with van der Waals surface area (Å²) in [5.74, 6) is -0.251. The van der Waals surface area contributed by atoms with Crippen LogP contribution in [0.2, 0.25) is 0 Å². The molecule has 0 unspecified atom stereocenters. The summed E-state index contributed by atoms with van der Waals surface area (Å²) in [6, 6.07) is 9.90. The molecule has 0 fully saturated rings. The summed E-state index contributed by atoms with van der Waals surface area (Å²) in [5, 5.41) is 0. The Bertz CT molecular complexity index is 719. The second-order valence-corrected chi connectivity index (χ2v) is 4.75. The highest BCUT2D eigenvalue weighted by Gasteiger charge is 2.15. The van der Waals surface area contributed by atoms with Crippen LogP contribution in [0, 0.1) is 5.82 Å². The van der Waals surface area contributed by atoms with E-state index in [0.29, 0.717) is 16.8 Å². The highest BCUT2D eigenvalue weighted by molar-refractivity contribution is 9.10. The molecule has 0 radical (unpaired) electrons. The molecule has 0 atom stereocenters. The second-order valence-electron chi connectivity index (χ2n) is 3.84. The fourth-order valence-electron chi connectivity index (χ4n) is 1.77. The van der Waals surface area contributed by atoms with Crippen LogP contribution in [0.1, 0.15) is 0 Å². The zero-order chi connectivity index (χ0) is 12.7. The molecule has 2 aromatic carbocycles. The quantitative estimate of drug-likeness (QED) is 0.692. The lowest BCUT2D eigenvalue weighted by atomic mass is 10.1. The Labute approximate surface area is 111 Å². The summed E-state index contributed by atoms with van der Waals surface area (Å²) in [5.41, 5.74) is 7.51. The van der Waals surface area contributed by atoms with Crippen molar-refractivity contribution >= 4 is 32.7 Å². The van der Waals surface area contributed by atoms with Gasteiger partial charge in [0.05, 0.1) is 5.56 Å². The van der Waals surface area contributed by atoms with E-state index < -0.39 is 5.82 Å². The molecule has 90 valence electrons. The Morgan fingerprint density at radius 1 is 1.22 bits per heavy atom. The molecule has 18 heavy (non-hydrogen) atoms. The SMILES string of the molecule is Nc1cccc(F)c1-c1nc2cc(Br)ccc2o1. The number of benzene rings is 2. The minimum Gasteiger partial charge on any atom is -0.436 e. The Hall–Kier alpha value is -1.88. The third-order valence-electron chi connectivity index (χ3n) is 2.61. The molecule has 0 aliphatic rings. The standard InChI is InChI=1S/C13H8BrFN2O/c14-7-4-5-11-10(6-7)17-13(18-11)12-8(15)2-1-3-9(12)16/h1-6H,16H2. The topological polar surface area (TPSA) is 52.0 Å². The van der Waals surface area contributed by atoms with Gasteiger partial charge in [-0.3, -0.25) is 0 Å². The van der Waals surface area contributed by atoms with E-state index in [1.807, 2.05) is 6.07 Å². The van der Waals surface area contributed by atoms with E-state index in [2.05, 4.69) is 20.9 Å². The number of nitrogen functional groups attached to an aromatic ring is 1. The number of aromatic nitrogens is 1. The van der Waals surface area contributed by atoms with Gasteiger partial charge in [-0.05, 0) is 30.3 Å². The molecule has 1 aromatic heterocycles. The van der Waals surface area contributed by atoms with Gasteiger partial charge in [0.15, 0.2) is 5.58 Å². The van der Waals surface area contributed by atoms with Gasteiger partial charge in [0.1, 0.15) is 11.3 Å². The fraction of sp³-hybridized carbons (Fsp3) is 0. The largest absolute Gasteiger partial charge is 0.436 e. The Kier molecular flexibility index (Phi) is 2.56. The van der Waals surface area contributed by atoms with Crippen LogP contribution in [0.3, 0.4) is 0 Å². The van der Waals surface area contributed by atoms with E-state index in [-0.39, 0.29) is 11.5 Å². The van der Waals surface area contributed by atoms with Crippen molar-refractivity contribution in [2.45, 2.75) is 0 Å². The van der Waals surface area contributed by atoms with E-state index in [9.17, 15) is 4.39 Å². The first-order valence-electron chi connectivity index (χ1n) is 5.25. The normalized spacial score (nSPS) is 11.0. The number of oxazole rings is 1. The average Bonchev–Trinajstić information content (AvgIpc) is 2.71. The van der Waals surface area contributed by atoms with Crippen molar-refractivity contribution in [3.8, 4) is 11.5 Å². The van der Waals surface area contributed by atoms with E-state index in [1.54, 1.807) is 24.3 Å². The van der Waals surface area contributed by atoms with Gasteiger partial charge in [-0.15, -0.1) is 0 Å². The molecule has 5 heteroatoms. The zero-order valence-electron chi connectivity index (χ0n) is 9.15. The first-order valence-corrected chi connectivity index (χ1v) is 6.05. The monoisotopic (exact) mass is 306 g/mol. The van der Waals surface area contributed by atoms with E-state index >= 15 is 0 Å². The molecule has 0 amide bonds. The number of anilines is 1. The van der Waals surface area contributed by atoms with Gasteiger partial charge in [0.25, 0.3) is 0 Å². The molecule has 2 N–H and O–H groups in total. The van der Waals surface area contributed by atoms with E-state index in [0.717, 1.165) is 4.47 Å². The van der Waals surface area contributed by atoms with Crippen molar-refractivity contribution < 1.29 is 8.81 Å². The molecule has 3 rings (SSSR count). The van der Waals surface area contributed by atoms with Crippen LogP contribution < -0.4 is 5.73 Å². The minimum atomic E-state index is -0.444. The number of rotatable bonds is 1. The van der Waals surface area contributed by atoms with Crippen LogP contribution in [0.4, 0.5) is 10.1 Å². The van der Waals surface area contributed by atoms with E-state index in [1.165, 1.54) is 6.07 Å². The van der Waals surface area contributed by atoms with Gasteiger partial charge in [-0.1, -0.05) is 22.0 Å². The predicted octanol–water partition coefficient (Wildman–Crippen LogP) is 3.98. The molecular formula is C13H8BrFN2O. The molecule has 0 saturated heterocycles. The average molecular weight is 307 g/mol. The minimum absolute atomic E-state index is 0.193. The van der Waals surface area contributed by atoms with Gasteiger partial charge in [-0.2, -0.15) is 0 Å². The Balaban J connectivity index is 2.26. The fourth-order valence-corrected chi connectivity index (χ4v) is 2.12. The van der Waals surface area contributed by atoms with Crippen molar-refractivity contribution in [2.75, 3.05) is 5.73 Å². The smallest absolute Gasteiger partial charge is 0.232 e. The lowest BCUT2D eigenvalue weighted by Crippen LogP contribution is -1.93. The maximum absolute atomic E-state index is 13.8. The van der Waals surface area contributed by atoms with Crippen molar-refractivity contribution in [3.63, 3.8) is 0 Å². The van der Waals surface area contributed by atoms with Crippen molar-refractivity contribution in [1.29, 1.82) is 0 Å². The second kappa shape index (κ2) is 4.10. The Morgan fingerprint density at radius 3 is 2.83 bits per heavy atom. The first-order chi connectivity index (χ1) is 8.65. The van der Waals surface area contributed by atoms with Gasteiger partial charge < -0.3 is 10.2 Å². The molecule has 0 spiro atoms. The first kappa shape index (κ1) is 11.2. The molecular weight excluding hydrogens is 299 g/mol. The Morgan fingerprint density at radius 2 is 2.06 bits per heavy atom. The third-order valence-corrected chi connectivity index (χ3v) is 3.10. The molecule has 3 nitrogen and oxygen atoms in total. The highest BCUT2D eigenvalue weighted by Crippen LogP contribution is 2.31. The van der Waals surface area contributed by atoms with Crippen LogP contribution in [0.5, 0.6) is 0 Å². The molecule has 3 aromatic rings. The summed E-state index contributed by atoms with van der Waals surface area (Å²) in [6.45, 7) is 0. The summed E-state index contributed by atoms with van der Waals surface area (Å²) in [7, 11) is 0. The van der Waals surface area contributed by atoms with Crippen LogP contribution in [-0.4, -0.2) is 4.98 Å². The van der Waals surface area contributed by atoms with Gasteiger partial charge >= 0.3 is 0 Å². The summed E-state index contributed by atoms with van der Waals surface area (Å²) in [4.78, 5) is 4.25. The molecule has 1 heterocycles. The molecule has 0 saturated carbocycles. The molecule has 0 aliphatic carbocycles. The third kappa shape index (κ3) is 1.76. The zero-order valence-corrected chi connectivity index (χ0v) is 10.7. The predicted molar refractivity (Wildman–Crippen MR) is 71.5 cm³/mol. The number of nitrogens with two attached hydrogens (primary N) is 1. The highest BCUT2D eigenvalue weighted by atomic mass is 79.9. The lowest BCUT2D eigenvalue weighted by Gasteiger charge is -2.01. The van der Waals surface area contributed by atoms with Crippen molar-refractivity contribution in [2.24, 2.45) is 0 Å². The van der Waals surface area contributed by atoms with Crippen LogP contribution in [-0.2, 0) is 0 Å². The number of nitrogens with zero attached hydrogens (tertiary/aromatic N) is 1. The number of fused-ring (bicyclic) bond motifs is 1. The summed E-state index contributed by atoms with van der Waals surface area (Å²) in [6.07, 6.45) is 0. The molecule has 0 bridgehead atoms. The van der Waals surface area contributed by atoms with Crippen molar-refractivity contribution in [1.82, 2.24) is 4.98 Å². The van der Waals surface area contributed by atoms with Crippen LogP contribution in [0.15, 0.2) is 45.3 Å². The maximum atomic E-state index is 13.8. The summed E-state index contributed by atoms with van der Waals surface area (Å²) < 4.78 is 20.2. The van der Waals surface area contributed by atoms with Crippen LogP contribution in [0.25, 0.3) is 22.6 Å². The number of halogens is 2. The summed E-state index contributed by atoms with van der Waals surface area (Å²) >= 11 is 3.35. The lowest BCUT2D eigenvalue weighted by molar-refractivity contribution is 0.594. The van der Waals surface area contributed by atoms with Crippen molar-refractivity contribution in [3.05, 3.63) is 46.7 Å². The van der Waals surface area contributed by atoms with Gasteiger partial charge in [-0.25, -0.2) is 9.37 Å². The maximum Gasteiger partial charge on any atom is 0.232 e. The molecule has 0 aliphatic heterocycles. The number of hydrogen-bond donors (Lipinski definition) is 1. The van der Waals surface area contributed by atoms with Crippen LogP contribution >= 0.6 is 15.9 Å². The van der Waals surface area contributed by atoms with Gasteiger partial charge in [0.2, 0.25) is 5.89 Å². The van der Waals surface area contributed by atoms with Gasteiger partial charge in [0, 0.05) is 10.2 Å².